The van der Waals surface area contributed by atoms with Crippen molar-refractivity contribution in [2.45, 2.75) is 110 Å². The molecule has 1 aromatic carbocycles. The first-order valence-electron chi connectivity index (χ1n) is 21.5. The molecule has 2 saturated heterocycles. The third kappa shape index (κ3) is 8.90. The molecule has 328 valence electrons. The largest absolute Gasteiger partial charge is 0.464 e. The minimum absolute atomic E-state index is 0.0659. The van der Waals surface area contributed by atoms with Crippen LogP contribution in [0.25, 0.3) is 33.4 Å². The molecule has 0 aliphatic carbocycles. The Morgan fingerprint density at radius 3 is 2.64 bits per heavy atom. The average molecular weight is 856 g/mol. The minimum atomic E-state index is -1.05. The number of hydrogen-bond donors (Lipinski definition) is 3. The smallest absolute Gasteiger partial charge is 0.324 e. The van der Waals surface area contributed by atoms with Gasteiger partial charge in [0.1, 0.15) is 18.1 Å². The number of nitrogens with one attached hydrogen (secondary N) is 2. The van der Waals surface area contributed by atoms with Crippen LogP contribution in [0.15, 0.2) is 41.9 Å². The lowest BCUT2D eigenvalue weighted by atomic mass is 9.84. The molecule has 15 nitrogen and oxygen atoms in total. The number of aryl methyl sites for hydroxylation is 1. The van der Waals surface area contributed by atoms with Gasteiger partial charge in [-0.25, -0.2) is 15.2 Å². The summed E-state index contributed by atoms with van der Waals surface area (Å²) in [6.07, 6.45) is 4.10. The normalized spacial score (nSPS) is 21.7. The van der Waals surface area contributed by atoms with Crippen LogP contribution in [-0.2, 0) is 43.2 Å². The summed E-state index contributed by atoms with van der Waals surface area (Å²) in [5, 5.41) is 8.16. The second kappa shape index (κ2) is 18.2. The number of fused-ring (bicyclic) bond motifs is 6. The first kappa shape index (κ1) is 44.2. The molecule has 0 saturated carbocycles. The van der Waals surface area contributed by atoms with Crippen molar-refractivity contribution in [3.8, 4) is 22.5 Å². The molecule has 4 N–H and O–H groups in total. The fourth-order valence-electron chi connectivity index (χ4n) is 9.01. The molecular weight excluding hydrogens is 795 g/mol. The number of carbonyl (C=O) groups excluding carboxylic acids is 4. The van der Waals surface area contributed by atoms with E-state index in [4.69, 9.17) is 25.2 Å². The van der Waals surface area contributed by atoms with Gasteiger partial charge in [0, 0.05) is 91.8 Å². The Labute approximate surface area is 362 Å². The Balaban J connectivity index is 1.30. The van der Waals surface area contributed by atoms with Gasteiger partial charge in [0.2, 0.25) is 5.91 Å². The highest BCUT2D eigenvalue weighted by atomic mass is 32.1. The number of amides is 4. The number of rotatable bonds is 9. The van der Waals surface area contributed by atoms with Crippen molar-refractivity contribution in [1.29, 1.82) is 0 Å². The van der Waals surface area contributed by atoms with Crippen LogP contribution in [0.2, 0.25) is 0 Å². The Kier molecular flexibility index (Phi) is 13.2. The highest BCUT2D eigenvalue weighted by molar-refractivity contribution is 7.10. The quantitative estimate of drug-likeness (QED) is 0.187. The number of hydrazine groups is 1. The summed E-state index contributed by atoms with van der Waals surface area (Å²) in [6, 6.07) is 7.43. The SMILES string of the molecule is CCn1c(-c2cccnc2[C@H](C)OC)c2c3cc(ccc31)-c1csc(n1)C[C@H](NC(=O)[C@H](C(C)C)N(C)C(=O)N1CC[C@H]1CN)C(=O)N1CCC[C@H](N1)C(=O)OCC(C)(C)C2. The molecular formula is C45H61N9O6S. The summed E-state index contributed by atoms with van der Waals surface area (Å²) in [4.78, 5) is 69.2. The van der Waals surface area contributed by atoms with Crippen LogP contribution in [-0.4, -0.2) is 118 Å². The fourth-order valence-corrected chi connectivity index (χ4v) is 9.86. The molecule has 3 aromatic heterocycles. The number of nitrogens with zero attached hydrogens (tertiary/aromatic N) is 6. The highest BCUT2D eigenvalue weighted by Crippen LogP contribution is 2.42. The van der Waals surface area contributed by atoms with E-state index < -0.39 is 41.3 Å². The van der Waals surface area contributed by atoms with Gasteiger partial charge < -0.3 is 34.9 Å². The average Bonchev–Trinajstić information content (AvgIpc) is 3.82. The molecule has 7 rings (SSSR count). The van der Waals surface area contributed by atoms with E-state index in [1.54, 1.807) is 25.3 Å². The van der Waals surface area contributed by atoms with Gasteiger partial charge in [-0.15, -0.1) is 11.3 Å². The van der Waals surface area contributed by atoms with Crippen molar-refractivity contribution in [2.75, 3.05) is 40.4 Å². The summed E-state index contributed by atoms with van der Waals surface area (Å²) in [7, 11) is 3.31. The zero-order valence-corrected chi connectivity index (χ0v) is 37.5. The standard InChI is InChI=1S/C45H61N9O6S/c1-9-52-36-15-14-28-20-31(36)32(40(52)30-12-10-17-47-38(30)27(4)59-8)22-45(5,6)25-60-43(57)33-13-11-18-54(50-33)42(56)34(21-37-48-35(28)24-61-37)49-41(55)39(26(2)3)51(7)44(58)53-19-16-29(53)23-46/h10,12,14-15,17,20,24,26-27,29,33-34,39,50H,9,11,13,16,18-19,21-23,25,46H2,1-8H3,(H,49,55)/t27-,29-,33-,34-,39-/m0/s1. The number of likely N-dealkylation sites (tertiary alicyclic amines) is 1. The molecule has 16 heteroatoms. The van der Waals surface area contributed by atoms with E-state index >= 15 is 0 Å². The van der Waals surface area contributed by atoms with E-state index in [2.05, 4.69) is 60.3 Å². The van der Waals surface area contributed by atoms with Crippen LogP contribution in [0.1, 0.15) is 83.2 Å². The maximum Gasteiger partial charge on any atom is 0.324 e. The van der Waals surface area contributed by atoms with E-state index in [1.807, 2.05) is 32.2 Å². The molecule has 4 amide bonds. The van der Waals surface area contributed by atoms with Gasteiger partial charge in [0.25, 0.3) is 5.91 Å². The van der Waals surface area contributed by atoms with Crippen LogP contribution >= 0.6 is 11.3 Å². The van der Waals surface area contributed by atoms with E-state index in [9.17, 15) is 19.2 Å². The van der Waals surface area contributed by atoms with Crippen LogP contribution < -0.4 is 16.5 Å². The van der Waals surface area contributed by atoms with Gasteiger partial charge in [-0.1, -0.05) is 33.8 Å². The summed E-state index contributed by atoms with van der Waals surface area (Å²) >= 11 is 1.42. The topological polar surface area (TPSA) is 177 Å². The van der Waals surface area contributed by atoms with Gasteiger partial charge >= 0.3 is 12.0 Å². The zero-order valence-electron chi connectivity index (χ0n) is 36.7. The molecule has 3 aliphatic heterocycles. The summed E-state index contributed by atoms with van der Waals surface area (Å²) < 4.78 is 14.2. The number of hydrogen-bond acceptors (Lipinski definition) is 11. The Hall–Kier alpha value is -4.90. The fraction of sp³-hybridized carbons (Fsp3) is 0.556. The Morgan fingerprint density at radius 1 is 1.16 bits per heavy atom. The predicted molar refractivity (Wildman–Crippen MR) is 235 cm³/mol. The summed E-state index contributed by atoms with van der Waals surface area (Å²) in [5.74, 6) is -1.56. The number of methoxy groups -OCH3 is 1. The molecule has 4 aromatic rings. The van der Waals surface area contributed by atoms with E-state index in [0.29, 0.717) is 50.4 Å². The predicted octanol–water partition coefficient (Wildman–Crippen LogP) is 5.31. The van der Waals surface area contributed by atoms with Gasteiger partial charge in [0.15, 0.2) is 0 Å². The molecule has 6 heterocycles. The maximum atomic E-state index is 14.5. The number of carbonyl (C=O) groups is 4. The second-order valence-corrected chi connectivity index (χ2v) is 18.7. The van der Waals surface area contributed by atoms with Crippen LogP contribution in [0, 0.1) is 11.3 Å². The second-order valence-electron chi connectivity index (χ2n) is 17.7. The Morgan fingerprint density at radius 2 is 1.95 bits per heavy atom. The highest BCUT2D eigenvalue weighted by Gasteiger charge is 2.41. The lowest BCUT2D eigenvalue weighted by Gasteiger charge is -2.44. The van der Waals surface area contributed by atoms with Crippen molar-refractivity contribution in [2.24, 2.45) is 17.1 Å². The van der Waals surface area contributed by atoms with Crippen molar-refractivity contribution in [1.82, 2.24) is 40.1 Å². The molecule has 6 bridgehead atoms. The lowest BCUT2D eigenvalue weighted by molar-refractivity contribution is -0.155. The van der Waals surface area contributed by atoms with Gasteiger partial charge in [0.05, 0.1) is 34.8 Å². The molecule has 2 fully saturated rings. The Bertz CT molecular complexity index is 2270. The number of pyridine rings is 1. The number of benzene rings is 1. The monoisotopic (exact) mass is 855 g/mol. The number of cyclic esters (lactones) is 1. The van der Waals surface area contributed by atoms with Gasteiger partial charge in [-0.2, -0.15) is 0 Å². The molecule has 0 radical (unpaired) electrons. The van der Waals surface area contributed by atoms with Gasteiger partial charge in [-0.05, 0) is 75.3 Å². The molecule has 0 spiro atoms. The lowest BCUT2D eigenvalue weighted by Crippen LogP contribution is -2.64. The zero-order chi connectivity index (χ0) is 43.7. The van der Waals surface area contributed by atoms with Crippen LogP contribution in [0.3, 0.4) is 0 Å². The molecule has 0 unspecified atom stereocenters. The van der Waals surface area contributed by atoms with Crippen molar-refractivity contribution in [3.63, 3.8) is 0 Å². The third-order valence-corrected chi connectivity index (χ3v) is 13.3. The van der Waals surface area contributed by atoms with E-state index in [1.165, 1.54) is 21.2 Å². The number of nitrogens with two attached hydrogens (primary N) is 1. The molecule has 5 atom stereocenters. The van der Waals surface area contributed by atoms with Gasteiger partial charge in [-0.3, -0.25) is 24.4 Å². The van der Waals surface area contributed by atoms with Crippen molar-refractivity contribution in [3.05, 3.63) is 58.2 Å². The van der Waals surface area contributed by atoms with Crippen molar-refractivity contribution < 1.29 is 28.7 Å². The summed E-state index contributed by atoms with van der Waals surface area (Å²) in [6.45, 7) is 14.2. The van der Waals surface area contributed by atoms with Crippen LogP contribution in [0.5, 0.6) is 0 Å². The van der Waals surface area contributed by atoms with Crippen LogP contribution in [0.4, 0.5) is 4.79 Å². The minimum Gasteiger partial charge on any atom is -0.464 e. The number of ether oxygens (including phenoxy) is 2. The molecule has 61 heavy (non-hydrogen) atoms. The summed E-state index contributed by atoms with van der Waals surface area (Å²) in [5.41, 5.74) is 15.3. The van der Waals surface area contributed by atoms with E-state index in [-0.39, 0.29) is 37.1 Å². The van der Waals surface area contributed by atoms with E-state index in [0.717, 1.165) is 51.1 Å². The first-order valence-corrected chi connectivity index (χ1v) is 22.4. The number of aromatic nitrogens is 3. The maximum absolute atomic E-state index is 14.5. The first-order chi connectivity index (χ1) is 29.2. The third-order valence-electron chi connectivity index (χ3n) is 12.4. The number of likely N-dealkylation sites (N-methyl/N-ethyl adjacent to an activating group) is 1. The number of esters is 1. The van der Waals surface area contributed by atoms with Crippen molar-refractivity contribution >= 4 is 46.1 Å². The number of urea groups is 1. The number of thiazole rings is 1. The molecule has 3 aliphatic rings.